The summed E-state index contributed by atoms with van der Waals surface area (Å²) in [6.07, 6.45) is 3.80. The van der Waals surface area contributed by atoms with Gasteiger partial charge in [-0.15, -0.1) is 0 Å². The van der Waals surface area contributed by atoms with Gasteiger partial charge in [0.25, 0.3) is 0 Å². The molecule has 5 heteroatoms. The number of hydrogen-bond acceptors (Lipinski definition) is 2. The number of aromatic nitrogens is 2. The molecule has 0 aliphatic rings. The van der Waals surface area contributed by atoms with E-state index in [1.807, 2.05) is 19.3 Å². The van der Waals surface area contributed by atoms with Gasteiger partial charge in [0.05, 0.1) is 11.7 Å². The summed E-state index contributed by atoms with van der Waals surface area (Å²) in [6.45, 7) is 5.00. The Bertz CT molecular complexity index is 610. The van der Waals surface area contributed by atoms with Crippen molar-refractivity contribution in [2.45, 2.75) is 32.7 Å². The molecule has 114 valence electrons. The van der Waals surface area contributed by atoms with Crippen LogP contribution in [0.4, 0.5) is 4.39 Å². The molecule has 1 heterocycles. The fraction of sp³-hybridized carbons (Fsp3) is 0.438. The SMILES string of the molecule is CCCNC(c1cc(Br)ccc1F)c1cn(C)nc1CC. The zero-order valence-electron chi connectivity index (χ0n) is 12.7. The van der Waals surface area contributed by atoms with E-state index in [4.69, 9.17) is 0 Å². The first kappa shape index (κ1) is 16.2. The van der Waals surface area contributed by atoms with Crippen LogP contribution in [0.25, 0.3) is 0 Å². The number of nitrogens with zero attached hydrogens (tertiary/aromatic N) is 2. The van der Waals surface area contributed by atoms with E-state index in [2.05, 4.69) is 40.2 Å². The quantitative estimate of drug-likeness (QED) is 0.851. The zero-order valence-corrected chi connectivity index (χ0v) is 14.2. The molecule has 0 radical (unpaired) electrons. The van der Waals surface area contributed by atoms with E-state index in [9.17, 15) is 4.39 Å². The third kappa shape index (κ3) is 3.71. The van der Waals surface area contributed by atoms with Crippen LogP contribution in [0.2, 0.25) is 0 Å². The van der Waals surface area contributed by atoms with Gasteiger partial charge in [-0.25, -0.2) is 4.39 Å². The highest BCUT2D eigenvalue weighted by atomic mass is 79.9. The Labute approximate surface area is 133 Å². The van der Waals surface area contributed by atoms with Crippen LogP contribution in [0.1, 0.15) is 43.1 Å². The van der Waals surface area contributed by atoms with Gasteiger partial charge in [-0.05, 0) is 37.6 Å². The van der Waals surface area contributed by atoms with Crippen LogP contribution >= 0.6 is 15.9 Å². The zero-order chi connectivity index (χ0) is 15.4. The summed E-state index contributed by atoms with van der Waals surface area (Å²) >= 11 is 3.43. The lowest BCUT2D eigenvalue weighted by Crippen LogP contribution is -2.24. The smallest absolute Gasteiger partial charge is 0.128 e. The molecule has 1 aromatic carbocycles. The van der Waals surface area contributed by atoms with E-state index < -0.39 is 0 Å². The lowest BCUT2D eigenvalue weighted by Gasteiger charge is -2.20. The monoisotopic (exact) mass is 353 g/mol. The van der Waals surface area contributed by atoms with Crippen molar-refractivity contribution in [1.29, 1.82) is 0 Å². The summed E-state index contributed by atoms with van der Waals surface area (Å²) in [5, 5.41) is 7.92. The molecule has 2 aromatic rings. The average Bonchev–Trinajstić information content (AvgIpc) is 2.84. The maximum Gasteiger partial charge on any atom is 0.128 e. The fourth-order valence-corrected chi connectivity index (χ4v) is 2.86. The van der Waals surface area contributed by atoms with Gasteiger partial charge in [-0.1, -0.05) is 29.8 Å². The second-order valence-electron chi connectivity index (χ2n) is 5.11. The van der Waals surface area contributed by atoms with E-state index in [1.54, 1.807) is 10.7 Å². The molecule has 21 heavy (non-hydrogen) atoms. The lowest BCUT2D eigenvalue weighted by molar-refractivity contribution is 0.544. The van der Waals surface area contributed by atoms with Crippen molar-refractivity contribution < 1.29 is 4.39 Å². The molecule has 0 spiro atoms. The van der Waals surface area contributed by atoms with E-state index in [0.717, 1.165) is 35.1 Å². The summed E-state index contributed by atoms with van der Waals surface area (Å²) in [4.78, 5) is 0. The van der Waals surface area contributed by atoms with Crippen molar-refractivity contribution in [2.75, 3.05) is 6.54 Å². The van der Waals surface area contributed by atoms with Crippen LogP contribution in [-0.2, 0) is 13.5 Å². The molecule has 1 N–H and O–H groups in total. The molecule has 2 rings (SSSR count). The number of hydrogen-bond donors (Lipinski definition) is 1. The van der Waals surface area contributed by atoms with Gasteiger partial charge in [-0.3, -0.25) is 4.68 Å². The minimum atomic E-state index is -0.197. The number of rotatable bonds is 6. The number of benzene rings is 1. The molecule has 1 aromatic heterocycles. The van der Waals surface area contributed by atoms with Gasteiger partial charge >= 0.3 is 0 Å². The molecule has 0 aliphatic heterocycles. The predicted octanol–water partition coefficient (Wildman–Crippen LogP) is 3.97. The van der Waals surface area contributed by atoms with E-state index >= 15 is 0 Å². The first-order valence-corrected chi connectivity index (χ1v) is 8.06. The summed E-state index contributed by atoms with van der Waals surface area (Å²) in [5.74, 6) is -0.197. The molecule has 0 saturated carbocycles. The van der Waals surface area contributed by atoms with Crippen molar-refractivity contribution in [3.63, 3.8) is 0 Å². The van der Waals surface area contributed by atoms with E-state index in [1.165, 1.54) is 6.07 Å². The highest BCUT2D eigenvalue weighted by Crippen LogP contribution is 2.29. The number of halogens is 2. The van der Waals surface area contributed by atoms with Gasteiger partial charge in [0.2, 0.25) is 0 Å². The molecule has 0 saturated heterocycles. The number of aryl methyl sites for hydroxylation is 2. The van der Waals surface area contributed by atoms with Crippen molar-refractivity contribution in [3.05, 3.63) is 51.5 Å². The van der Waals surface area contributed by atoms with Crippen LogP contribution in [0.15, 0.2) is 28.9 Å². The van der Waals surface area contributed by atoms with Gasteiger partial charge < -0.3 is 5.32 Å². The summed E-state index contributed by atoms with van der Waals surface area (Å²) in [5.41, 5.74) is 2.71. The van der Waals surface area contributed by atoms with Crippen LogP contribution in [0.5, 0.6) is 0 Å². The normalized spacial score (nSPS) is 12.6. The molecular weight excluding hydrogens is 333 g/mol. The second kappa shape index (κ2) is 7.18. The Balaban J connectivity index is 2.49. The highest BCUT2D eigenvalue weighted by Gasteiger charge is 2.22. The molecule has 1 atom stereocenters. The summed E-state index contributed by atoms with van der Waals surface area (Å²) in [6, 6.07) is 4.89. The Hall–Kier alpha value is -1.20. The minimum absolute atomic E-state index is 0.175. The largest absolute Gasteiger partial charge is 0.306 e. The lowest BCUT2D eigenvalue weighted by atomic mass is 9.97. The van der Waals surface area contributed by atoms with Gasteiger partial charge in [0, 0.05) is 28.8 Å². The maximum atomic E-state index is 14.3. The van der Waals surface area contributed by atoms with Crippen molar-refractivity contribution >= 4 is 15.9 Å². The average molecular weight is 354 g/mol. The predicted molar refractivity (Wildman–Crippen MR) is 86.8 cm³/mol. The Morgan fingerprint density at radius 2 is 2.10 bits per heavy atom. The molecular formula is C16H21BrFN3. The Morgan fingerprint density at radius 3 is 2.76 bits per heavy atom. The minimum Gasteiger partial charge on any atom is -0.306 e. The molecule has 0 amide bonds. The van der Waals surface area contributed by atoms with Crippen molar-refractivity contribution in [1.82, 2.24) is 15.1 Å². The van der Waals surface area contributed by atoms with E-state index in [0.29, 0.717) is 5.56 Å². The summed E-state index contributed by atoms with van der Waals surface area (Å²) < 4.78 is 17.0. The van der Waals surface area contributed by atoms with Crippen LogP contribution < -0.4 is 5.32 Å². The second-order valence-corrected chi connectivity index (χ2v) is 6.03. The molecule has 3 nitrogen and oxygen atoms in total. The first-order valence-electron chi connectivity index (χ1n) is 7.27. The van der Waals surface area contributed by atoms with Gasteiger partial charge in [0.1, 0.15) is 5.82 Å². The van der Waals surface area contributed by atoms with Crippen molar-refractivity contribution in [2.24, 2.45) is 7.05 Å². The first-order chi connectivity index (χ1) is 10.1. The van der Waals surface area contributed by atoms with Gasteiger partial charge in [-0.2, -0.15) is 5.10 Å². The highest BCUT2D eigenvalue weighted by molar-refractivity contribution is 9.10. The third-order valence-corrected chi connectivity index (χ3v) is 3.94. The topological polar surface area (TPSA) is 29.9 Å². The molecule has 0 aliphatic carbocycles. The third-order valence-electron chi connectivity index (χ3n) is 3.45. The molecule has 0 bridgehead atoms. The Kier molecular flexibility index (Phi) is 5.53. The molecule has 1 unspecified atom stereocenters. The standard InChI is InChI=1S/C16H21BrFN3/c1-4-8-19-16(12-9-11(17)6-7-14(12)18)13-10-21(3)20-15(13)5-2/h6-7,9-10,16,19H,4-5,8H2,1-3H3. The maximum absolute atomic E-state index is 14.3. The van der Waals surface area contributed by atoms with Crippen LogP contribution in [0, 0.1) is 5.82 Å². The van der Waals surface area contributed by atoms with Gasteiger partial charge in [0.15, 0.2) is 0 Å². The van der Waals surface area contributed by atoms with E-state index in [-0.39, 0.29) is 11.9 Å². The molecule has 0 fully saturated rings. The fourth-order valence-electron chi connectivity index (χ4n) is 2.48. The van der Waals surface area contributed by atoms with Crippen LogP contribution in [-0.4, -0.2) is 16.3 Å². The summed E-state index contributed by atoms with van der Waals surface area (Å²) in [7, 11) is 1.90. The Morgan fingerprint density at radius 1 is 1.33 bits per heavy atom. The van der Waals surface area contributed by atoms with Crippen LogP contribution in [0.3, 0.4) is 0 Å². The van der Waals surface area contributed by atoms with Crippen molar-refractivity contribution in [3.8, 4) is 0 Å². The number of nitrogens with one attached hydrogen (secondary N) is 1.